The van der Waals surface area contributed by atoms with Crippen LogP contribution < -0.4 is 11.1 Å². The maximum absolute atomic E-state index is 7.84. The van der Waals surface area contributed by atoms with Gasteiger partial charge in [0.15, 0.2) is 0 Å². The first-order valence-corrected chi connectivity index (χ1v) is 14.6. The molecule has 0 saturated heterocycles. The second-order valence-electron chi connectivity index (χ2n) is 10.9. The number of benzene rings is 3. The molecule has 6 rings (SSSR count). The minimum Gasteiger partial charge on any atom is -0.398 e. The molecule has 0 aliphatic heterocycles. The van der Waals surface area contributed by atoms with Crippen molar-refractivity contribution in [1.82, 2.24) is 25.2 Å². The molecule has 220 valence electrons. The molecule has 0 saturated carbocycles. The van der Waals surface area contributed by atoms with E-state index >= 15 is 0 Å². The van der Waals surface area contributed by atoms with E-state index in [-0.39, 0.29) is 13.5 Å². The van der Waals surface area contributed by atoms with Crippen LogP contribution in [0.2, 0.25) is 0 Å². The molecular formula is C36H41N7. The van der Waals surface area contributed by atoms with E-state index in [2.05, 4.69) is 57.7 Å². The van der Waals surface area contributed by atoms with E-state index in [0.717, 1.165) is 60.3 Å². The number of aryl methyl sites for hydroxylation is 1. The first-order chi connectivity index (χ1) is 20.7. The molecule has 0 bridgehead atoms. The average Bonchev–Trinajstić information content (AvgIpc) is 3.46. The van der Waals surface area contributed by atoms with Gasteiger partial charge in [-0.15, -0.1) is 0 Å². The van der Waals surface area contributed by atoms with Crippen molar-refractivity contribution in [3.8, 4) is 0 Å². The summed E-state index contributed by atoms with van der Waals surface area (Å²) >= 11 is 0. The second kappa shape index (κ2) is 14.1. The number of aromatic nitrogens is 3. The zero-order valence-electron chi connectivity index (χ0n) is 23.8. The first kappa shape index (κ1) is 29.9. The van der Waals surface area contributed by atoms with Crippen LogP contribution in [0.5, 0.6) is 0 Å². The van der Waals surface area contributed by atoms with Crippen LogP contribution in [0.4, 0.5) is 0 Å². The van der Waals surface area contributed by atoms with E-state index in [1.54, 1.807) is 0 Å². The van der Waals surface area contributed by atoms with E-state index in [0.29, 0.717) is 18.8 Å². The van der Waals surface area contributed by atoms with Gasteiger partial charge in [-0.3, -0.25) is 9.88 Å². The van der Waals surface area contributed by atoms with Crippen LogP contribution >= 0.6 is 0 Å². The lowest BCUT2D eigenvalue weighted by Crippen LogP contribution is -2.31. The van der Waals surface area contributed by atoms with Crippen LogP contribution in [0.1, 0.15) is 60.1 Å². The Bertz CT molecular complexity index is 1640. The molecule has 0 amide bonds. The van der Waals surface area contributed by atoms with E-state index in [9.17, 15) is 0 Å². The minimum absolute atomic E-state index is 0. The summed E-state index contributed by atoms with van der Waals surface area (Å²) in [5, 5.41) is 11.3. The van der Waals surface area contributed by atoms with Crippen molar-refractivity contribution in [3.05, 3.63) is 137 Å². The third-order valence-electron chi connectivity index (χ3n) is 8.06. The molecule has 5 N–H and O–H groups in total. The van der Waals surface area contributed by atoms with Gasteiger partial charge in [0.1, 0.15) is 5.82 Å². The number of hydrogen-bond acceptors (Lipinski definition) is 6. The van der Waals surface area contributed by atoms with E-state index in [4.69, 9.17) is 21.1 Å². The lowest BCUT2D eigenvalue weighted by Gasteiger charge is -2.34. The van der Waals surface area contributed by atoms with E-state index < -0.39 is 0 Å². The lowest BCUT2D eigenvalue weighted by atomic mass is 9.90. The SMILES string of the molecule is C.N=CC(CNCc1ccc(CN(Cc2nc3ccccc3[nH]2)C2CCCc3cccnc32)cc1)=C(N)c1ccccc1. The fourth-order valence-electron chi connectivity index (χ4n) is 5.86. The molecule has 7 nitrogen and oxygen atoms in total. The van der Waals surface area contributed by atoms with Crippen molar-refractivity contribution in [2.24, 2.45) is 5.73 Å². The number of pyridine rings is 1. The molecule has 0 radical (unpaired) electrons. The van der Waals surface area contributed by atoms with Gasteiger partial charge >= 0.3 is 0 Å². The zero-order valence-corrected chi connectivity index (χ0v) is 23.8. The fourth-order valence-corrected chi connectivity index (χ4v) is 5.86. The number of para-hydroxylation sites is 2. The summed E-state index contributed by atoms with van der Waals surface area (Å²) in [6.07, 6.45) is 6.59. The van der Waals surface area contributed by atoms with Gasteiger partial charge in [0.25, 0.3) is 0 Å². The molecule has 2 heterocycles. The van der Waals surface area contributed by atoms with Crippen molar-refractivity contribution in [1.29, 1.82) is 5.41 Å². The minimum atomic E-state index is 0. The van der Waals surface area contributed by atoms with Crippen LogP contribution in [0.15, 0.2) is 103 Å². The monoisotopic (exact) mass is 571 g/mol. The fraction of sp³-hybridized carbons (Fsp3) is 0.250. The van der Waals surface area contributed by atoms with Crippen LogP contribution in [-0.4, -0.2) is 32.6 Å². The molecule has 0 spiro atoms. The summed E-state index contributed by atoms with van der Waals surface area (Å²) in [5.41, 5.74) is 15.8. The predicted octanol–water partition coefficient (Wildman–Crippen LogP) is 6.78. The van der Waals surface area contributed by atoms with E-state index in [1.807, 2.05) is 54.7 Å². The maximum Gasteiger partial charge on any atom is 0.121 e. The summed E-state index contributed by atoms with van der Waals surface area (Å²) in [4.78, 5) is 15.8. The zero-order chi connectivity index (χ0) is 28.7. The van der Waals surface area contributed by atoms with Gasteiger partial charge in [-0.05, 0) is 59.7 Å². The van der Waals surface area contributed by atoms with Crippen LogP contribution in [-0.2, 0) is 26.1 Å². The average molecular weight is 572 g/mol. The van der Waals surface area contributed by atoms with Crippen molar-refractivity contribution in [2.45, 2.75) is 52.4 Å². The van der Waals surface area contributed by atoms with Gasteiger partial charge in [0.05, 0.1) is 29.3 Å². The highest BCUT2D eigenvalue weighted by Gasteiger charge is 2.28. The number of hydrogen-bond donors (Lipinski definition) is 4. The van der Waals surface area contributed by atoms with Crippen LogP contribution in [0.3, 0.4) is 0 Å². The number of nitrogens with zero attached hydrogens (tertiary/aromatic N) is 3. The number of imidazole rings is 1. The number of nitrogens with two attached hydrogens (primary N) is 1. The number of H-pyrrole nitrogens is 1. The third kappa shape index (κ3) is 7.08. The Morgan fingerprint density at radius 3 is 2.51 bits per heavy atom. The largest absolute Gasteiger partial charge is 0.398 e. The Morgan fingerprint density at radius 2 is 1.72 bits per heavy atom. The molecule has 5 aromatic rings. The molecule has 2 aromatic heterocycles. The van der Waals surface area contributed by atoms with Gasteiger partial charge in [-0.25, -0.2) is 4.98 Å². The third-order valence-corrected chi connectivity index (χ3v) is 8.06. The van der Waals surface area contributed by atoms with Crippen molar-refractivity contribution < 1.29 is 0 Å². The molecule has 1 aliphatic rings. The molecule has 7 heteroatoms. The van der Waals surface area contributed by atoms with Crippen molar-refractivity contribution >= 4 is 22.9 Å². The van der Waals surface area contributed by atoms with Gasteiger partial charge < -0.3 is 21.4 Å². The normalized spacial score (nSPS) is 15.0. The molecule has 0 fully saturated rings. The second-order valence-corrected chi connectivity index (χ2v) is 10.9. The number of nitrogens with one attached hydrogen (secondary N) is 3. The Balaban J connectivity index is 0.00000368. The van der Waals surface area contributed by atoms with Gasteiger partial charge in [-0.1, -0.05) is 80.2 Å². The molecule has 1 atom stereocenters. The van der Waals surface area contributed by atoms with Gasteiger partial charge in [0.2, 0.25) is 0 Å². The summed E-state index contributed by atoms with van der Waals surface area (Å²) in [6.45, 7) is 2.76. The highest BCUT2D eigenvalue weighted by Crippen LogP contribution is 2.34. The van der Waals surface area contributed by atoms with Gasteiger partial charge in [0, 0.05) is 43.3 Å². The Morgan fingerprint density at radius 1 is 0.953 bits per heavy atom. The number of aromatic amines is 1. The first-order valence-electron chi connectivity index (χ1n) is 14.6. The van der Waals surface area contributed by atoms with Crippen LogP contribution in [0.25, 0.3) is 16.7 Å². The Kier molecular flexibility index (Phi) is 9.77. The smallest absolute Gasteiger partial charge is 0.121 e. The molecule has 1 aliphatic carbocycles. The maximum atomic E-state index is 7.84. The summed E-state index contributed by atoms with van der Waals surface area (Å²) in [5.74, 6) is 0.977. The molecule has 43 heavy (non-hydrogen) atoms. The standard InChI is InChI=1S/C35H37N7.CH4/c36-20-29(34(37)27-8-2-1-3-9-27)22-38-21-25-15-17-26(18-16-25)23-42(24-33-40-30-12-4-5-13-31(30)41-33)32-14-6-10-28-11-7-19-39-35(28)32;/h1-5,7-9,11-13,15-20,32,36,38H,6,10,14,21-24,37H2,(H,40,41);1H4. The lowest BCUT2D eigenvalue weighted by molar-refractivity contribution is 0.153. The summed E-state index contributed by atoms with van der Waals surface area (Å²) < 4.78 is 0. The van der Waals surface area contributed by atoms with Crippen molar-refractivity contribution in [3.63, 3.8) is 0 Å². The van der Waals surface area contributed by atoms with Gasteiger partial charge in [-0.2, -0.15) is 0 Å². The number of fused-ring (bicyclic) bond motifs is 2. The highest BCUT2D eigenvalue weighted by molar-refractivity contribution is 5.88. The van der Waals surface area contributed by atoms with Crippen molar-refractivity contribution in [2.75, 3.05) is 6.54 Å². The van der Waals surface area contributed by atoms with Crippen LogP contribution in [0, 0.1) is 5.41 Å². The van der Waals surface area contributed by atoms with E-state index in [1.165, 1.54) is 28.6 Å². The summed E-state index contributed by atoms with van der Waals surface area (Å²) in [7, 11) is 0. The molecule has 3 aromatic carbocycles. The predicted molar refractivity (Wildman–Crippen MR) is 176 cm³/mol. The highest BCUT2D eigenvalue weighted by atomic mass is 15.2. The topological polar surface area (TPSA) is 107 Å². The number of rotatable bonds is 11. The molecular weight excluding hydrogens is 530 g/mol. The molecule has 1 unspecified atom stereocenters. The Labute approximate surface area is 254 Å². The Hall–Kier alpha value is -4.59. The summed E-state index contributed by atoms with van der Waals surface area (Å²) in [6, 6.07) is 31.3. The quantitative estimate of drug-likeness (QED) is 0.131.